The highest BCUT2D eigenvalue weighted by Crippen LogP contribution is 2.20. The molecular weight excluding hydrogens is 208 g/mol. The molecule has 0 aliphatic rings. The smallest absolute Gasteiger partial charge is 0.0842 e. The fourth-order valence-electron chi connectivity index (χ4n) is 2.10. The Balaban J connectivity index is 2.84. The van der Waals surface area contributed by atoms with Crippen molar-refractivity contribution in [2.24, 2.45) is 0 Å². The fraction of sp³-hybridized carbons (Fsp3) is 0.333. The maximum Gasteiger partial charge on any atom is 0.0842 e. The molecule has 0 radical (unpaired) electrons. The summed E-state index contributed by atoms with van der Waals surface area (Å²) in [6, 6.07) is 13.6. The van der Waals surface area contributed by atoms with Crippen molar-refractivity contribution < 1.29 is 0 Å². The van der Waals surface area contributed by atoms with Crippen LogP contribution in [0.5, 0.6) is 0 Å². The molecule has 0 fully saturated rings. The van der Waals surface area contributed by atoms with Crippen molar-refractivity contribution in [2.45, 2.75) is 31.5 Å². The molecule has 0 saturated heterocycles. The summed E-state index contributed by atoms with van der Waals surface area (Å²) in [5.41, 5.74) is 0. The lowest BCUT2D eigenvalue weighted by atomic mass is 10.4. The highest BCUT2D eigenvalue weighted by atomic mass is 28.3. The molecule has 0 N–H and O–H groups in total. The third kappa shape index (κ3) is 3.49. The number of hydrogen-bond donors (Lipinski definition) is 0. The van der Waals surface area contributed by atoms with Gasteiger partial charge in [0, 0.05) is 0 Å². The van der Waals surface area contributed by atoms with Gasteiger partial charge in [-0.3, -0.25) is 0 Å². The maximum absolute atomic E-state index is 3.84. The number of allylic oxidation sites excluding steroid dienone is 2. The van der Waals surface area contributed by atoms with Crippen LogP contribution in [0, 0.1) is 0 Å². The van der Waals surface area contributed by atoms with Crippen LogP contribution in [0.4, 0.5) is 0 Å². The molecule has 0 spiro atoms. The van der Waals surface area contributed by atoms with E-state index in [1.165, 1.54) is 12.1 Å². The van der Waals surface area contributed by atoms with E-state index in [0.29, 0.717) is 0 Å². The van der Waals surface area contributed by atoms with Gasteiger partial charge < -0.3 is 0 Å². The van der Waals surface area contributed by atoms with Gasteiger partial charge in [-0.15, -0.1) is 13.2 Å². The first-order valence-electron chi connectivity index (χ1n) is 6.00. The van der Waals surface area contributed by atoms with Crippen molar-refractivity contribution in [3.63, 3.8) is 0 Å². The van der Waals surface area contributed by atoms with Crippen molar-refractivity contribution in [2.75, 3.05) is 0 Å². The Morgan fingerprint density at radius 1 is 1.00 bits per heavy atom. The first-order chi connectivity index (χ1) is 7.73. The Hall–Kier alpha value is -1.08. The van der Waals surface area contributed by atoms with Gasteiger partial charge in [-0.25, -0.2) is 0 Å². The second kappa shape index (κ2) is 6.49. The van der Waals surface area contributed by atoms with Crippen LogP contribution in [-0.2, 0) is 0 Å². The lowest BCUT2D eigenvalue weighted by molar-refractivity contribution is 1.09. The van der Waals surface area contributed by atoms with Gasteiger partial charge in [0.15, 0.2) is 0 Å². The quantitative estimate of drug-likeness (QED) is 0.488. The molecule has 0 aliphatic carbocycles. The Bertz CT molecular complexity index is 315. The highest BCUT2D eigenvalue weighted by molar-refractivity contribution is 6.90. The van der Waals surface area contributed by atoms with E-state index in [9.17, 15) is 0 Å². The summed E-state index contributed by atoms with van der Waals surface area (Å²) in [6.07, 6.45) is 6.35. The second-order valence-corrected chi connectivity index (χ2v) is 9.28. The third-order valence-corrected chi connectivity index (χ3v) is 7.78. The van der Waals surface area contributed by atoms with Crippen molar-refractivity contribution in [1.82, 2.24) is 0 Å². The molecule has 0 nitrogen and oxygen atoms in total. The Labute approximate surface area is 101 Å². The summed E-state index contributed by atoms with van der Waals surface area (Å²) in [4.78, 5) is 0. The molecule has 1 aromatic rings. The molecule has 1 aromatic carbocycles. The average molecular weight is 230 g/mol. The molecule has 0 amide bonds. The monoisotopic (exact) mass is 230 g/mol. The minimum Gasteiger partial charge on any atom is -0.103 e. The molecule has 0 bridgehead atoms. The SMILES string of the molecule is C=CCC[Si](C)(CCC=C)c1ccccc1. The number of hydrogen-bond acceptors (Lipinski definition) is 0. The molecule has 0 atom stereocenters. The number of benzene rings is 1. The van der Waals surface area contributed by atoms with Gasteiger partial charge in [0.25, 0.3) is 0 Å². The van der Waals surface area contributed by atoms with Crippen LogP contribution in [0.1, 0.15) is 12.8 Å². The topological polar surface area (TPSA) is 0 Å². The van der Waals surface area contributed by atoms with Crippen LogP contribution in [-0.4, -0.2) is 8.07 Å². The van der Waals surface area contributed by atoms with E-state index in [2.05, 4.69) is 50.0 Å². The summed E-state index contributed by atoms with van der Waals surface area (Å²) >= 11 is 0. The third-order valence-electron chi connectivity index (χ3n) is 3.27. The largest absolute Gasteiger partial charge is 0.103 e. The summed E-state index contributed by atoms with van der Waals surface area (Å²) in [5.74, 6) is 0. The molecule has 1 heteroatoms. The molecular formula is C15H22Si. The minimum atomic E-state index is -1.31. The van der Waals surface area contributed by atoms with Gasteiger partial charge in [-0.2, -0.15) is 0 Å². The second-order valence-electron chi connectivity index (χ2n) is 4.58. The van der Waals surface area contributed by atoms with E-state index >= 15 is 0 Å². The van der Waals surface area contributed by atoms with Gasteiger partial charge in [-0.05, 0) is 24.9 Å². The fourth-order valence-corrected chi connectivity index (χ4v) is 5.60. The number of rotatable bonds is 7. The van der Waals surface area contributed by atoms with Gasteiger partial charge >= 0.3 is 0 Å². The Kier molecular flexibility index (Phi) is 5.27. The van der Waals surface area contributed by atoms with Gasteiger partial charge in [0.1, 0.15) is 0 Å². The highest BCUT2D eigenvalue weighted by Gasteiger charge is 2.27. The summed E-state index contributed by atoms with van der Waals surface area (Å²) in [6.45, 7) is 10.2. The molecule has 0 unspecified atom stereocenters. The summed E-state index contributed by atoms with van der Waals surface area (Å²) in [5, 5.41) is 1.57. The summed E-state index contributed by atoms with van der Waals surface area (Å²) in [7, 11) is -1.31. The van der Waals surface area contributed by atoms with Crippen molar-refractivity contribution in [1.29, 1.82) is 0 Å². The zero-order chi connectivity index (χ0) is 11.9. The van der Waals surface area contributed by atoms with Crippen LogP contribution in [0.25, 0.3) is 0 Å². The van der Waals surface area contributed by atoms with Crippen molar-refractivity contribution >= 4 is 13.3 Å². The molecule has 1 rings (SSSR count). The van der Waals surface area contributed by atoms with Crippen LogP contribution in [0.15, 0.2) is 55.6 Å². The standard InChI is InChI=1S/C15H22Si/c1-4-6-13-16(3,14-7-5-2)15-11-9-8-10-12-15/h4-5,8-12H,1-2,6-7,13-14H2,3H3. The van der Waals surface area contributed by atoms with Gasteiger partial charge in [0.05, 0.1) is 8.07 Å². The lowest BCUT2D eigenvalue weighted by Gasteiger charge is -2.27. The first kappa shape index (κ1) is 13.0. The van der Waals surface area contributed by atoms with E-state index in [1.54, 1.807) is 5.19 Å². The van der Waals surface area contributed by atoms with Gasteiger partial charge in [-0.1, -0.05) is 54.2 Å². The predicted octanol–water partition coefficient (Wildman–Crippen LogP) is 4.12. The molecule has 0 saturated carbocycles. The minimum absolute atomic E-state index is 1.13. The van der Waals surface area contributed by atoms with E-state index in [4.69, 9.17) is 0 Å². The summed E-state index contributed by atoms with van der Waals surface area (Å²) < 4.78 is 0. The van der Waals surface area contributed by atoms with E-state index in [-0.39, 0.29) is 0 Å². The van der Waals surface area contributed by atoms with Gasteiger partial charge in [0.2, 0.25) is 0 Å². The van der Waals surface area contributed by atoms with Crippen LogP contribution in [0.3, 0.4) is 0 Å². The van der Waals surface area contributed by atoms with Crippen LogP contribution < -0.4 is 5.19 Å². The van der Waals surface area contributed by atoms with Crippen LogP contribution >= 0.6 is 0 Å². The van der Waals surface area contributed by atoms with Crippen molar-refractivity contribution in [3.8, 4) is 0 Å². The predicted molar refractivity (Wildman–Crippen MR) is 76.9 cm³/mol. The van der Waals surface area contributed by atoms with E-state index < -0.39 is 8.07 Å². The zero-order valence-electron chi connectivity index (χ0n) is 10.3. The average Bonchev–Trinajstić information content (AvgIpc) is 2.35. The van der Waals surface area contributed by atoms with E-state index in [0.717, 1.165) is 12.8 Å². The Morgan fingerprint density at radius 2 is 1.50 bits per heavy atom. The van der Waals surface area contributed by atoms with E-state index in [1.807, 2.05) is 12.2 Å². The Morgan fingerprint density at radius 3 is 1.94 bits per heavy atom. The molecule has 86 valence electrons. The molecule has 0 aromatic heterocycles. The maximum atomic E-state index is 3.84. The first-order valence-corrected chi connectivity index (χ1v) is 8.91. The van der Waals surface area contributed by atoms with Crippen molar-refractivity contribution in [3.05, 3.63) is 55.6 Å². The van der Waals surface area contributed by atoms with Crippen LogP contribution in [0.2, 0.25) is 18.6 Å². The zero-order valence-corrected chi connectivity index (χ0v) is 11.3. The normalized spacial score (nSPS) is 11.1. The molecule has 16 heavy (non-hydrogen) atoms. The lowest BCUT2D eigenvalue weighted by Crippen LogP contribution is -2.44. The molecule has 0 aliphatic heterocycles. The molecule has 0 heterocycles.